The molecule has 0 atom stereocenters. The molecule has 0 saturated heterocycles. The number of aryl methyl sites for hydroxylation is 1. The summed E-state index contributed by atoms with van der Waals surface area (Å²) in [5.74, 6) is 0. The second-order valence-corrected chi connectivity index (χ2v) is 3.89. The summed E-state index contributed by atoms with van der Waals surface area (Å²) in [7, 11) is 1.45. The van der Waals surface area contributed by atoms with Gasteiger partial charge >= 0.3 is 6.18 Å². The van der Waals surface area contributed by atoms with Crippen molar-refractivity contribution in [3.8, 4) is 0 Å². The van der Waals surface area contributed by atoms with Gasteiger partial charge < -0.3 is 4.90 Å². The fourth-order valence-electron chi connectivity index (χ4n) is 1.57. The molecule has 1 nitrogen and oxygen atoms in total. The van der Waals surface area contributed by atoms with Gasteiger partial charge in [-0.05, 0) is 24.1 Å². The first-order chi connectivity index (χ1) is 7.42. The molecule has 0 saturated carbocycles. The summed E-state index contributed by atoms with van der Waals surface area (Å²) in [6.45, 7) is 1.16. The van der Waals surface area contributed by atoms with Gasteiger partial charge in [-0.15, -0.1) is 0 Å². The lowest BCUT2D eigenvalue weighted by Gasteiger charge is -2.21. The van der Waals surface area contributed by atoms with Crippen LogP contribution in [-0.2, 0) is 6.42 Å². The summed E-state index contributed by atoms with van der Waals surface area (Å²) in [6.07, 6.45) is -2.15. The molecular weight excluding hydrogens is 215 g/mol. The van der Waals surface area contributed by atoms with E-state index < -0.39 is 12.7 Å². The molecule has 0 spiro atoms. The van der Waals surface area contributed by atoms with Crippen molar-refractivity contribution in [1.82, 2.24) is 0 Å². The SMILES string of the molecule is CCCc1ccc(N(C)CC(F)(F)F)cc1. The van der Waals surface area contributed by atoms with Gasteiger partial charge in [0.15, 0.2) is 0 Å². The maximum absolute atomic E-state index is 12.2. The normalized spacial score (nSPS) is 11.6. The lowest BCUT2D eigenvalue weighted by molar-refractivity contribution is -0.119. The number of hydrogen-bond acceptors (Lipinski definition) is 1. The highest BCUT2D eigenvalue weighted by atomic mass is 19.4. The highest BCUT2D eigenvalue weighted by molar-refractivity contribution is 5.47. The first-order valence-electron chi connectivity index (χ1n) is 5.29. The van der Waals surface area contributed by atoms with Gasteiger partial charge in [-0.1, -0.05) is 25.5 Å². The molecule has 4 heteroatoms. The Hall–Kier alpha value is -1.19. The first kappa shape index (κ1) is 12.9. The molecule has 0 aromatic heterocycles. The third kappa shape index (κ3) is 4.13. The number of rotatable bonds is 4. The monoisotopic (exact) mass is 231 g/mol. The molecule has 0 radical (unpaired) electrons. The van der Waals surface area contributed by atoms with Crippen molar-refractivity contribution >= 4 is 5.69 Å². The minimum absolute atomic E-state index is 0.595. The van der Waals surface area contributed by atoms with Crippen LogP contribution < -0.4 is 4.90 Å². The van der Waals surface area contributed by atoms with Gasteiger partial charge in [0.05, 0.1) is 0 Å². The van der Waals surface area contributed by atoms with Gasteiger partial charge in [0.1, 0.15) is 6.54 Å². The fourth-order valence-corrected chi connectivity index (χ4v) is 1.57. The van der Waals surface area contributed by atoms with Crippen LogP contribution in [0.15, 0.2) is 24.3 Å². The second kappa shape index (κ2) is 5.23. The Bertz CT molecular complexity index is 316. The summed E-state index contributed by atoms with van der Waals surface area (Å²) >= 11 is 0. The second-order valence-electron chi connectivity index (χ2n) is 3.89. The zero-order valence-corrected chi connectivity index (χ0v) is 9.51. The van der Waals surface area contributed by atoms with Crippen LogP contribution in [0, 0.1) is 0 Å². The van der Waals surface area contributed by atoms with Crippen LogP contribution in [0.4, 0.5) is 18.9 Å². The van der Waals surface area contributed by atoms with Crippen molar-refractivity contribution in [1.29, 1.82) is 0 Å². The van der Waals surface area contributed by atoms with E-state index in [-0.39, 0.29) is 0 Å². The van der Waals surface area contributed by atoms with Gasteiger partial charge in [0, 0.05) is 12.7 Å². The number of alkyl halides is 3. The smallest absolute Gasteiger partial charge is 0.366 e. The lowest BCUT2D eigenvalue weighted by atomic mass is 10.1. The van der Waals surface area contributed by atoms with Gasteiger partial charge in [-0.2, -0.15) is 13.2 Å². The molecule has 1 aromatic rings. The largest absolute Gasteiger partial charge is 0.405 e. The molecule has 16 heavy (non-hydrogen) atoms. The molecule has 0 aliphatic heterocycles. The molecule has 0 amide bonds. The number of anilines is 1. The van der Waals surface area contributed by atoms with E-state index in [2.05, 4.69) is 6.92 Å². The molecular formula is C12H16F3N. The zero-order chi connectivity index (χ0) is 12.2. The topological polar surface area (TPSA) is 3.24 Å². The highest BCUT2D eigenvalue weighted by Gasteiger charge is 2.29. The molecule has 0 bridgehead atoms. The van der Waals surface area contributed by atoms with E-state index in [1.807, 2.05) is 12.1 Å². The van der Waals surface area contributed by atoms with Crippen LogP contribution in [0.25, 0.3) is 0 Å². The van der Waals surface area contributed by atoms with Gasteiger partial charge in [0.2, 0.25) is 0 Å². The van der Waals surface area contributed by atoms with E-state index >= 15 is 0 Å². The van der Waals surface area contributed by atoms with Crippen LogP contribution >= 0.6 is 0 Å². The molecule has 90 valence electrons. The Balaban J connectivity index is 2.66. The summed E-state index contributed by atoms with van der Waals surface area (Å²) in [5.41, 5.74) is 1.75. The minimum atomic E-state index is -4.16. The third-order valence-electron chi connectivity index (χ3n) is 2.33. The van der Waals surface area contributed by atoms with E-state index in [9.17, 15) is 13.2 Å². The molecule has 0 aliphatic carbocycles. The minimum Gasteiger partial charge on any atom is -0.366 e. The Labute approximate surface area is 93.9 Å². The van der Waals surface area contributed by atoms with Crippen LogP contribution in [-0.4, -0.2) is 19.8 Å². The third-order valence-corrected chi connectivity index (χ3v) is 2.33. The molecule has 0 N–H and O–H groups in total. The van der Waals surface area contributed by atoms with Crippen molar-refractivity contribution in [2.75, 3.05) is 18.5 Å². The van der Waals surface area contributed by atoms with Gasteiger partial charge in [0.25, 0.3) is 0 Å². The average Bonchev–Trinajstić information content (AvgIpc) is 2.16. The molecule has 0 aliphatic rings. The first-order valence-corrected chi connectivity index (χ1v) is 5.29. The average molecular weight is 231 g/mol. The Morgan fingerprint density at radius 3 is 2.12 bits per heavy atom. The number of hydrogen-bond donors (Lipinski definition) is 0. The van der Waals surface area contributed by atoms with E-state index in [1.165, 1.54) is 11.9 Å². The maximum Gasteiger partial charge on any atom is 0.405 e. The standard InChI is InChI=1S/C12H16F3N/c1-3-4-10-5-7-11(8-6-10)16(2)9-12(13,14)15/h5-8H,3-4,9H2,1-2H3. The summed E-state index contributed by atoms with van der Waals surface area (Å²) in [4.78, 5) is 1.20. The van der Waals surface area contributed by atoms with Crippen LogP contribution in [0.2, 0.25) is 0 Å². The van der Waals surface area contributed by atoms with Gasteiger partial charge in [-0.3, -0.25) is 0 Å². The van der Waals surface area contributed by atoms with Crippen LogP contribution in [0.1, 0.15) is 18.9 Å². The maximum atomic E-state index is 12.2. The molecule has 0 unspecified atom stereocenters. The molecule has 1 rings (SSSR count). The Morgan fingerprint density at radius 2 is 1.69 bits per heavy atom. The Kier molecular flexibility index (Phi) is 4.21. The van der Waals surface area contributed by atoms with E-state index in [0.717, 1.165) is 18.4 Å². The van der Waals surface area contributed by atoms with Crippen molar-refractivity contribution in [3.05, 3.63) is 29.8 Å². The van der Waals surface area contributed by atoms with Crippen molar-refractivity contribution in [2.24, 2.45) is 0 Å². The lowest BCUT2D eigenvalue weighted by Crippen LogP contribution is -2.30. The quantitative estimate of drug-likeness (QED) is 0.764. The molecule has 0 heterocycles. The van der Waals surface area contributed by atoms with E-state index in [1.54, 1.807) is 12.1 Å². The van der Waals surface area contributed by atoms with Gasteiger partial charge in [-0.25, -0.2) is 0 Å². The van der Waals surface area contributed by atoms with Crippen LogP contribution in [0.3, 0.4) is 0 Å². The van der Waals surface area contributed by atoms with E-state index in [0.29, 0.717) is 5.69 Å². The number of halogens is 3. The predicted octanol–water partition coefficient (Wildman–Crippen LogP) is 3.64. The summed E-state index contributed by atoms with van der Waals surface area (Å²) < 4.78 is 36.5. The Morgan fingerprint density at radius 1 is 1.12 bits per heavy atom. The predicted molar refractivity (Wildman–Crippen MR) is 59.8 cm³/mol. The molecule has 0 fully saturated rings. The number of nitrogens with zero attached hydrogens (tertiary/aromatic N) is 1. The fraction of sp³-hybridized carbons (Fsp3) is 0.500. The van der Waals surface area contributed by atoms with E-state index in [4.69, 9.17) is 0 Å². The molecule has 1 aromatic carbocycles. The highest BCUT2D eigenvalue weighted by Crippen LogP contribution is 2.21. The zero-order valence-electron chi connectivity index (χ0n) is 9.51. The van der Waals surface area contributed by atoms with Crippen molar-refractivity contribution < 1.29 is 13.2 Å². The van der Waals surface area contributed by atoms with Crippen molar-refractivity contribution in [2.45, 2.75) is 25.9 Å². The summed E-state index contributed by atoms with van der Waals surface area (Å²) in [6, 6.07) is 7.23. The number of benzene rings is 1. The van der Waals surface area contributed by atoms with Crippen LogP contribution in [0.5, 0.6) is 0 Å². The van der Waals surface area contributed by atoms with Crippen molar-refractivity contribution in [3.63, 3.8) is 0 Å². The summed E-state index contributed by atoms with van der Waals surface area (Å²) in [5, 5.41) is 0.